The zero-order valence-corrected chi connectivity index (χ0v) is 15.5. The first-order chi connectivity index (χ1) is 12.2. The summed E-state index contributed by atoms with van der Waals surface area (Å²) in [4.78, 5) is 39.3. The number of carbonyl (C=O) groups is 3. The Morgan fingerprint density at radius 2 is 1.73 bits per heavy atom. The Hall–Kier alpha value is -2.05. The third kappa shape index (κ3) is 10.1. The van der Waals surface area contributed by atoms with Crippen molar-refractivity contribution < 1.29 is 24.6 Å². The van der Waals surface area contributed by atoms with Crippen LogP contribution in [0.3, 0.4) is 0 Å². The van der Waals surface area contributed by atoms with E-state index in [1.165, 1.54) is 11.8 Å². The number of carboxylic acid groups (broad SMARTS) is 1. The number of guanidine groups is 1. The van der Waals surface area contributed by atoms with E-state index >= 15 is 0 Å². The van der Waals surface area contributed by atoms with Crippen LogP contribution in [-0.4, -0.2) is 77.2 Å². The average molecular weight is 392 g/mol. The third-order valence-corrected chi connectivity index (χ3v) is 3.98. The molecule has 0 aromatic rings. The molecule has 0 aliphatic carbocycles. The number of carbonyl (C=O) groups excluding carboxylic acids is 2. The van der Waals surface area contributed by atoms with E-state index < -0.39 is 42.5 Å². The second-order valence-corrected chi connectivity index (χ2v) is 6.47. The minimum atomic E-state index is -1.20. The maximum Gasteiger partial charge on any atom is 0.326 e. The molecule has 0 fully saturated rings. The molecule has 0 rings (SSSR count). The van der Waals surface area contributed by atoms with Crippen molar-refractivity contribution in [3.8, 4) is 0 Å². The predicted octanol–water partition coefficient (Wildman–Crippen LogP) is -2.83. The fraction of sp³-hybridized carbons (Fsp3) is 0.714. The second kappa shape index (κ2) is 13.2. The molecule has 0 aromatic heterocycles. The molecule has 0 heterocycles. The summed E-state index contributed by atoms with van der Waals surface area (Å²) in [6, 6.07) is -3.25. The molecule has 0 radical (unpaired) electrons. The lowest BCUT2D eigenvalue weighted by molar-refractivity contribution is -0.142. The third-order valence-electron chi connectivity index (χ3n) is 3.34. The zero-order chi connectivity index (χ0) is 20.1. The molecule has 3 atom stereocenters. The van der Waals surface area contributed by atoms with E-state index in [0.29, 0.717) is 12.2 Å². The SMILES string of the molecule is CSCC[C@H](NC(=O)[C@@H](N)CO)C(=O)N[C@@H](CCCN=C(N)N)C(=O)O. The van der Waals surface area contributed by atoms with Crippen LogP contribution in [0.25, 0.3) is 0 Å². The molecule has 11 nitrogen and oxygen atoms in total. The van der Waals surface area contributed by atoms with Gasteiger partial charge in [-0.25, -0.2) is 4.79 Å². The quantitative estimate of drug-likeness (QED) is 0.0977. The van der Waals surface area contributed by atoms with Crippen LogP contribution in [0.15, 0.2) is 4.99 Å². The van der Waals surface area contributed by atoms with Gasteiger partial charge in [-0.15, -0.1) is 0 Å². The van der Waals surface area contributed by atoms with E-state index in [-0.39, 0.29) is 25.3 Å². The lowest BCUT2D eigenvalue weighted by Crippen LogP contribution is -2.55. The summed E-state index contributed by atoms with van der Waals surface area (Å²) in [5, 5.41) is 23.0. The first-order valence-corrected chi connectivity index (χ1v) is 9.36. The summed E-state index contributed by atoms with van der Waals surface area (Å²) in [5.74, 6) is -2.05. The van der Waals surface area contributed by atoms with Crippen LogP contribution in [0.2, 0.25) is 0 Å². The summed E-state index contributed by atoms with van der Waals surface area (Å²) in [5.41, 5.74) is 15.8. The molecule has 0 spiro atoms. The average Bonchev–Trinajstić information content (AvgIpc) is 2.59. The van der Waals surface area contributed by atoms with Crippen LogP contribution >= 0.6 is 11.8 Å². The van der Waals surface area contributed by atoms with E-state index in [0.717, 1.165) is 0 Å². The molecule has 12 heteroatoms. The number of hydrogen-bond acceptors (Lipinski definition) is 7. The number of amides is 2. The second-order valence-electron chi connectivity index (χ2n) is 5.48. The molecule has 0 unspecified atom stereocenters. The first-order valence-electron chi connectivity index (χ1n) is 7.97. The fourth-order valence-corrected chi connectivity index (χ4v) is 2.37. The maximum absolute atomic E-state index is 12.4. The summed E-state index contributed by atoms with van der Waals surface area (Å²) in [6.45, 7) is -0.328. The Kier molecular flexibility index (Phi) is 12.2. The standard InChI is InChI=1S/C14H28N6O5S/c1-26-6-4-9(19-11(22)8(15)7-21)12(23)20-10(13(24)25)3-2-5-18-14(16)17/h8-10,21H,2-7,15H2,1H3,(H,19,22)(H,20,23)(H,24,25)(H4,16,17,18)/t8-,9-,10-/m0/s1. The topological polar surface area (TPSA) is 206 Å². The number of nitrogens with zero attached hydrogens (tertiary/aromatic N) is 1. The Labute approximate surface area is 156 Å². The van der Waals surface area contributed by atoms with Gasteiger partial charge >= 0.3 is 5.97 Å². The van der Waals surface area contributed by atoms with Crippen molar-refractivity contribution in [2.45, 2.75) is 37.4 Å². The van der Waals surface area contributed by atoms with Crippen LogP contribution in [0, 0.1) is 0 Å². The molecule has 150 valence electrons. The molecular weight excluding hydrogens is 364 g/mol. The van der Waals surface area contributed by atoms with Gasteiger partial charge in [-0.3, -0.25) is 14.6 Å². The van der Waals surface area contributed by atoms with Gasteiger partial charge in [0.05, 0.1) is 6.61 Å². The van der Waals surface area contributed by atoms with Crippen molar-refractivity contribution in [2.24, 2.45) is 22.2 Å². The number of nitrogens with one attached hydrogen (secondary N) is 2. The first kappa shape index (κ1) is 23.9. The molecule has 0 aromatic carbocycles. The Morgan fingerprint density at radius 1 is 1.12 bits per heavy atom. The highest BCUT2D eigenvalue weighted by Crippen LogP contribution is 2.04. The Bertz CT molecular complexity index is 500. The number of aliphatic carboxylic acids is 1. The molecule has 0 saturated carbocycles. The van der Waals surface area contributed by atoms with E-state index in [1.807, 2.05) is 6.26 Å². The van der Waals surface area contributed by atoms with E-state index in [2.05, 4.69) is 15.6 Å². The Morgan fingerprint density at radius 3 is 2.23 bits per heavy atom. The number of rotatable bonds is 13. The molecule has 2 amide bonds. The van der Waals surface area contributed by atoms with Crippen LogP contribution in [0.1, 0.15) is 19.3 Å². The van der Waals surface area contributed by atoms with E-state index in [1.54, 1.807) is 0 Å². The minimum Gasteiger partial charge on any atom is -0.480 e. The van der Waals surface area contributed by atoms with Crippen molar-refractivity contribution in [3.63, 3.8) is 0 Å². The smallest absolute Gasteiger partial charge is 0.326 e. The van der Waals surface area contributed by atoms with Crippen LogP contribution in [0.4, 0.5) is 0 Å². The van der Waals surface area contributed by atoms with Crippen molar-refractivity contribution >= 4 is 35.5 Å². The summed E-state index contributed by atoms with van der Waals surface area (Å²) in [6.07, 6.45) is 2.60. The van der Waals surface area contributed by atoms with E-state index in [4.69, 9.17) is 22.3 Å². The monoisotopic (exact) mass is 392 g/mol. The van der Waals surface area contributed by atoms with Crippen molar-refractivity contribution in [2.75, 3.05) is 25.2 Å². The highest BCUT2D eigenvalue weighted by Gasteiger charge is 2.27. The number of thioether (sulfide) groups is 1. The lowest BCUT2D eigenvalue weighted by Gasteiger charge is -2.22. The van der Waals surface area contributed by atoms with Crippen molar-refractivity contribution in [1.82, 2.24) is 10.6 Å². The highest BCUT2D eigenvalue weighted by atomic mass is 32.2. The zero-order valence-electron chi connectivity index (χ0n) is 14.7. The molecular formula is C14H28N6O5S. The van der Waals surface area contributed by atoms with Gasteiger partial charge in [-0.2, -0.15) is 11.8 Å². The van der Waals surface area contributed by atoms with Gasteiger partial charge in [0.2, 0.25) is 11.8 Å². The van der Waals surface area contributed by atoms with Crippen molar-refractivity contribution in [1.29, 1.82) is 0 Å². The van der Waals surface area contributed by atoms with E-state index in [9.17, 15) is 19.5 Å². The predicted molar refractivity (Wildman–Crippen MR) is 99.5 cm³/mol. The van der Waals surface area contributed by atoms with Gasteiger partial charge in [-0.05, 0) is 31.3 Å². The largest absolute Gasteiger partial charge is 0.480 e. The molecule has 0 aliphatic heterocycles. The van der Waals surface area contributed by atoms with Gasteiger partial charge < -0.3 is 38.0 Å². The van der Waals surface area contributed by atoms with Crippen LogP contribution in [-0.2, 0) is 14.4 Å². The molecule has 10 N–H and O–H groups in total. The van der Waals surface area contributed by atoms with Gasteiger partial charge in [-0.1, -0.05) is 0 Å². The van der Waals surface area contributed by atoms with Crippen LogP contribution < -0.4 is 27.8 Å². The number of aliphatic hydroxyl groups excluding tert-OH is 1. The summed E-state index contributed by atoms with van der Waals surface area (Å²) < 4.78 is 0. The highest BCUT2D eigenvalue weighted by molar-refractivity contribution is 7.98. The molecule has 0 aliphatic rings. The molecule has 0 bridgehead atoms. The van der Waals surface area contributed by atoms with Crippen molar-refractivity contribution in [3.05, 3.63) is 0 Å². The number of aliphatic imine (C=N–C) groups is 1. The summed E-state index contributed by atoms with van der Waals surface area (Å²) in [7, 11) is 0. The van der Waals surface area contributed by atoms with Gasteiger partial charge in [0.25, 0.3) is 0 Å². The molecule has 26 heavy (non-hydrogen) atoms. The number of hydrogen-bond donors (Lipinski definition) is 7. The van der Waals surface area contributed by atoms with Crippen LogP contribution in [0.5, 0.6) is 0 Å². The minimum absolute atomic E-state index is 0.0963. The van der Waals surface area contributed by atoms with Gasteiger partial charge in [0, 0.05) is 6.54 Å². The van der Waals surface area contributed by atoms with Gasteiger partial charge in [0.15, 0.2) is 5.96 Å². The molecule has 0 saturated heterocycles. The normalized spacial score (nSPS) is 14.0. The number of nitrogens with two attached hydrogens (primary N) is 3. The number of aliphatic hydroxyl groups is 1. The fourth-order valence-electron chi connectivity index (χ4n) is 1.90. The lowest BCUT2D eigenvalue weighted by atomic mass is 10.1. The Balaban J connectivity index is 4.84. The summed E-state index contributed by atoms with van der Waals surface area (Å²) >= 11 is 1.47. The maximum atomic E-state index is 12.4. The number of carboxylic acids is 1. The van der Waals surface area contributed by atoms with Gasteiger partial charge in [0.1, 0.15) is 18.1 Å².